The minimum Gasteiger partial charge on any atom is -0.507 e. The number of carbonyl (C=O) groups excluding carboxylic acids is 1. The molecule has 0 spiro atoms. The molecular formula is C38H40O19. The Kier molecular flexibility index (Phi) is 12.2. The van der Waals surface area contributed by atoms with E-state index in [1.54, 1.807) is 0 Å². The molecule has 4 aromatic rings. The van der Waals surface area contributed by atoms with Crippen LogP contribution in [-0.2, 0) is 23.7 Å². The van der Waals surface area contributed by atoms with Gasteiger partial charge in [-0.25, -0.2) is 4.79 Å². The molecule has 6 rings (SSSR count). The van der Waals surface area contributed by atoms with Gasteiger partial charge in [-0.15, -0.1) is 0 Å². The minimum atomic E-state index is -2.04. The second-order valence-electron chi connectivity index (χ2n) is 13.2. The fraction of sp³-hybridized carbons (Fsp3) is 0.368. The Morgan fingerprint density at radius 2 is 1.44 bits per heavy atom. The highest BCUT2D eigenvalue weighted by atomic mass is 16.7. The predicted octanol–water partition coefficient (Wildman–Crippen LogP) is -0.0970. The highest BCUT2D eigenvalue weighted by molar-refractivity contribution is 5.88. The maximum atomic E-state index is 13.5. The highest BCUT2D eigenvalue weighted by Crippen LogP contribution is 2.46. The SMILES string of the molecule is COc1cc(/C=C/C(=O)OCC2O[C@@H](OC3[C@@H](O)[C@H](O)C(CO)O[C@H]3c3c(O)cc4oc(-c5ccc(O)c(OC)c5)cc(=O)c4c3O)C(O)C(O)[C@@H]2O)ccc1O. The molecule has 10 atom stereocenters. The summed E-state index contributed by atoms with van der Waals surface area (Å²) in [4.78, 5) is 26.0. The molecule has 306 valence electrons. The smallest absolute Gasteiger partial charge is 0.330 e. The largest absolute Gasteiger partial charge is 0.507 e. The first kappa shape index (κ1) is 41.2. The van der Waals surface area contributed by atoms with Crippen molar-refractivity contribution in [3.8, 4) is 45.8 Å². The number of phenols is 4. The van der Waals surface area contributed by atoms with Crippen LogP contribution in [0.15, 0.2) is 63.8 Å². The number of aromatic hydroxyl groups is 4. The number of aliphatic hydroxyl groups excluding tert-OH is 6. The number of ether oxygens (including phenoxy) is 6. The summed E-state index contributed by atoms with van der Waals surface area (Å²) in [5.74, 6) is -2.73. The van der Waals surface area contributed by atoms with E-state index >= 15 is 0 Å². The van der Waals surface area contributed by atoms with Gasteiger partial charge in [0.25, 0.3) is 0 Å². The molecule has 19 nitrogen and oxygen atoms in total. The van der Waals surface area contributed by atoms with E-state index in [9.17, 15) is 60.7 Å². The van der Waals surface area contributed by atoms with Crippen molar-refractivity contribution >= 4 is 23.0 Å². The summed E-state index contributed by atoms with van der Waals surface area (Å²) in [6.45, 7) is -1.58. The van der Waals surface area contributed by atoms with Gasteiger partial charge >= 0.3 is 5.97 Å². The van der Waals surface area contributed by atoms with Crippen LogP contribution in [0.1, 0.15) is 17.2 Å². The van der Waals surface area contributed by atoms with Crippen LogP contribution in [0.3, 0.4) is 0 Å². The molecule has 10 N–H and O–H groups in total. The average molecular weight is 801 g/mol. The fourth-order valence-corrected chi connectivity index (χ4v) is 6.53. The number of aliphatic hydroxyl groups is 6. The van der Waals surface area contributed by atoms with Gasteiger partial charge in [-0.2, -0.15) is 0 Å². The van der Waals surface area contributed by atoms with Crippen molar-refractivity contribution in [3.63, 3.8) is 0 Å². The summed E-state index contributed by atoms with van der Waals surface area (Å²) in [5.41, 5.74) is -0.952. The van der Waals surface area contributed by atoms with Gasteiger partial charge in [0.2, 0.25) is 0 Å². The van der Waals surface area contributed by atoms with Gasteiger partial charge in [0.1, 0.15) is 89.8 Å². The van der Waals surface area contributed by atoms with Crippen LogP contribution in [-0.4, -0.2) is 140 Å². The molecule has 2 fully saturated rings. The van der Waals surface area contributed by atoms with Crippen molar-refractivity contribution < 1.29 is 88.7 Å². The third-order valence-electron chi connectivity index (χ3n) is 9.59. The van der Waals surface area contributed by atoms with Gasteiger partial charge in [0.05, 0.1) is 26.4 Å². The van der Waals surface area contributed by atoms with Crippen LogP contribution < -0.4 is 14.9 Å². The first-order valence-electron chi connectivity index (χ1n) is 17.3. The number of esters is 1. The van der Waals surface area contributed by atoms with Crippen LogP contribution >= 0.6 is 0 Å². The van der Waals surface area contributed by atoms with E-state index in [0.29, 0.717) is 5.56 Å². The zero-order chi connectivity index (χ0) is 41.3. The lowest BCUT2D eigenvalue weighted by Crippen LogP contribution is -2.63. The van der Waals surface area contributed by atoms with E-state index in [1.165, 1.54) is 56.7 Å². The molecule has 3 aromatic carbocycles. The molecule has 2 aliphatic heterocycles. The first-order valence-corrected chi connectivity index (χ1v) is 17.3. The number of rotatable bonds is 11. The summed E-state index contributed by atoms with van der Waals surface area (Å²) in [7, 11) is 2.66. The number of phenolic OH excluding ortho intramolecular Hbond substituents is 4. The summed E-state index contributed by atoms with van der Waals surface area (Å²) < 4.78 is 38.4. The third-order valence-corrected chi connectivity index (χ3v) is 9.59. The zero-order valence-corrected chi connectivity index (χ0v) is 30.1. The summed E-state index contributed by atoms with van der Waals surface area (Å²) >= 11 is 0. The third kappa shape index (κ3) is 8.19. The molecule has 0 amide bonds. The van der Waals surface area contributed by atoms with E-state index in [1.807, 2.05) is 0 Å². The molecule has 19 heteroatoms. The standard InChI is InChI=1S/C38H40O19/c1-51-22-9-15(3-6-17(22)40)4-8-27(44)53-14-26-31(46)33(48)35(50)38(56-26)57-37-34(49)30(45)25(13-39)55-36(37)29-20(43)12-24-28(32(29)47)19(42)11-21(54-24)16-5-7-18(41)23(10-16)52-2/h3-12,25-26,30-31,33-41,43,45-50H,13-14H2,1-2H3/b8-4+/t25?,26?,30-,31-,33?,34+,35?,36+,37?,38+/m1/s1. The van der Waals surface area contributed by atoms with Crippen LogP contribution in [0.25, 0.3) is 28.4 Å². The Morgan fingerprint density at radius 3 is 2.12 bits per heavy atom. The van der Waals surface area contributed by atoms with Crippen LogP contribution in [0, 0.1) is 0 Å². The van der Waals surface area contributed by atoms with E-state index in [-0.39, 0.29) is 39.9 Å². The lowest BCUT2D eigenvalue weighted by atomic mass is 9.89. The highest BCUT2D eigenvalue weighted by Gasteiger charge is 2.52. The Morgan fingerprint density at radius 1 is 0.772 bits per heavy atom. The molecule has 1 aromatic heterocycles. The van der Waals surface area contributed by atoms with Crippen molar-refractivity contribution in [1.82, 2.24) is 0 Å². The number of benzene rings is 3. The Hall–Kier alpha value is -5.48. The molecule has 3 heterocycles. The van der Waals surface area contributed by atoms with Crippen LogP contribution in [0.4, 0.5) is 0 Å². The van der Waals surface area contributed by atoms with Crippen molar-refractivity contribution in [2.45, 2.75) is 61.2 Å². The fourth-order valence-electron chi connectivity index (χ4n) is 6.53. The second kappa shape index (κ2) is 16.9. The molecule has 2 saturated heterocycles. The topological polar surface area (TPSA) is 305 Å². The molecule has 0 bridgehead atoms. The minimum absolute atomic E-state index is 0.0372. The normalized spacial score (nSPS) is 27.7. The molecule has 0 aliphatic carbocycles. The maximum absolute atomic E-state index is 13.5. The molecule has 2 aliphatic rings. The van der Waals surface area contributed by atoms with E-state index in [4.69, 9.17) is 32.8 Å². The van der Waals surface area contributed by atoms with Gasteiger partial charge in [-0.3, -0.25) is 4.79 Å². The molecular weight excluding hydrogens is 760 g/mol. The summed E-state index contributed by atoms with van der Waals surface area (Å²) in [5, 5.41) is 106. The average Bonchev–Trinajstić information content (AvgIpc) is 3.19. The Bertz CT molecular complexity index is 2180. The quantitative estimate of drug-likeness (QED) is 0.0700. The Labute approximate surface area is 321 Å². The maximum Gasteiger partial charge on any atom is 0.330 e. The van der Waals surface area contributed by atoms with E-state index < -0.39 is 108 Å². The van der Waals surface area contributed by atoms with Crippen molar-refractivity contribution in [2.75, 3.05) is 27.4 Å². The number of fused-ring (bicyclic) bond motifs is 1. The van der Waals surface area contributed by atoms with Gasteiger partial charge in [-0.05, 0) is 42.0 Å². The number of methoxy groups -OCH3 is 2. The second-order valence-corrected chi connectivity index (χ2v) is 13.2. The van der Waals surface area contributed by atoms with Crippen LogP contribution in [0.5, 0.6) is 34.5 Å². The van der Waals surface area contributed by atoms with E-state index in [2.05, 4.69) is 0 Å². The van der Waals surface area contributed by atoms with Gasteiger partial charge in [0, 0.05) is 23.8 Å². The van der Waals surface area contributed by atoms with Crippen molar-refractivity contribution in [2.24, 2.45) is 0 Å². The first-order chi connectivity index (χ1) is 27.2. The summed E-state index contributed by atoms with van der Waals surface area (Å²) in [6, 6.07) is 10.4. The van der Waals surface area contributed by atoms with Crippen LogP contribution in [0.2, 0.25) is 0 Å². The zero-order valence-electron chi connectivity index (χ0n) is 30.1. The predicted molar refractivity (Wildman–Crippen MR) is 192 cm³/mol. The van der Waals surface area contributed by atoms with Gasteiger partial charge < -0.3 is 83.9 Å². The molecule has 0 saturated carbocycles. The number of hydrogen-bond donors (Lipinski definition) is 10. The van der Waals surface area contributed by atoms with E-state index in [0.717, 1.165) is 18.2 Å². The number of hydrogen-bond acceptors (Lipinski definition) is 19. The molecule has 5 unspecified atom stereocenters. The van der Waals surface area contributed by atoms with Gasteiger partial charge in [-0.1, -0.05) is 6.07 Å². The monoisotopic (exact) mass is 800 g/mol. The van der Waals surface area contributed by atoms with Crippen molar-refractivity contribution in [1.29, 1.82) is 0 Å². The lowest BCUT2D eigenvalue weighted by molar-refractivity contribution is -0.342. The van der Waals surface area contributed by atoms with Gasteiger partial charge in [0.15, 0.2) is 34.7 Å². The number of carbonyl (C=O) groups is 1. The lowest BCUT2D eigenvalue weighted by Gasteiger charge is -2.46. The van der Waals surface area contributed by atoms with Crippen molar-refractivity contribution in [3.05, 3.63) is 76.0 Å². The molecule has 57 heavy (non-hydrogen) atoms. The Balaban J connectivity index is 1.27. The summed E-state index contributed by atoms with van der Waals surface area (Å²) in [6.07, 6.45) is -16.2. The molecule has 0 radical (unpaired) electrons.